The zero-order chi connectivity index (χ0) is 24.1. The zero-order valence-corrected chi connectivity index (χ0v) is 19.1. The van der Waals surface area contributed by atoms with Crippen LogP contribution >= 0.6 is 0 Å². The number of benzene rings is 1. The molecular formula is C25H32N2O6. The van der Waals surface area contributed by atoms with Crippen molar-refractivity contribution in [3.63, 3.8) is 0 Å². The summed E-state index contributed by atoms with van der Waals surface area (Å²) in [5, 5.41) is 2.81. The van der Waals surface area contributed by atoms with Gasteiger partial charge in [0.25, 0.3) is 11.8 Å². The molecule has 0 bridgehead atoms. The van der Waals surface area contributed by atoms with E-state index in [-0.39, 0.29) is 29.3 Å². The van der Waals surface area contributed by atoms with Gasteiger partial charge in [-0.2, -0.15) is 0 Å². The number of nitrogens with one attached hydrogen (secondary N) is 1. The fourth-order valence-electron chi connectivity index (χ4n) is 3.36. The normalized spacial score (nSPS) is 12.8. The summed E-state index contributed by atoms with van der Waals surface area (Å²) < 4.78 is 5.57. The maximum absolute atomic E-state index is 11.9. The largest absolute Gasteiger partial charge is 0.494 e. The Bertz CT molecular complexity index is 857. The number of amides is 3. The first-order valence-corrected chi connectivity index (χ1v) is 11.4. The van der Waals surface area contributed by atoms with Crippen LogP contribution < -0.4 is 10.1 Å². The predicted molar refractivity (Wildman–Crippen MR) is 123 cm³/mol. The van der Waals surface area contributed by atoms with Crippen LogP contribution in [0.3, 0.4) is 0 Å². The predicted octanol–water partition coefficient (Wildman–Crippen LogP) is 3.00. The number of ether oxygens (including phenoxy) is 1. The van der Waals surface area contributed by atoms with Crippen molar-refractivity contribution < 1.29 is 28.7 Å². The van der Waals surface area contributed by atoms with Gasteiger partial charge >= 0.3 is 0 Å². The first-order valence-electron chi connectivity index (χ1n) is 11.4. The topological polar surface area (TPSA) is 110 Å². The summed E-state index contributed by atoms with van der Waals surface area (Å²) in [6, 6.07) is 6.89. The van der Waals surface area contributed by atoms with Crippen LogP contribution in [0.2, 0.25) is 0 Å². The lowest BCUT2D eigenvalue weighted by molar-refractivity contribution is -0.137. The molecule has 1 aromatic carbocycles. The van der Waals surface area contributed by atoms with Crippen LogP contribution in [0.1, 0.15) is 68.6 Å². The molecule has 1 heterocycles. The summed E-state index contributed by atoms with van der Waals surface area (Å²) in [6.45, 7) is 2.77. The molecule has 1 aliphatic rings. The quantitative estimate of drug-likeness (QED) is 0.233. The molecule has 1 N–H and O–H groups in total. The molecule has 0 unspecified atom stereocenters. The highest BCUT2D eigenvalue weighted by molar-refractivity contribution is 6.12. The maximum Gasteiger partial charge on any atom is 0.253 e. The standard InChI is InChI=1S/C25H32N2O6/c1-19(28)20-10-12-22(13-11-20)33-18-6-9-23(30)26-16-5-8-21(29)7-3-2-4-17-27-24(31)14-15-25(27)32/h10-15H,2-9,16-18H2,1H3,(H,26,30). The molecular weight excluding hydrogens is 424 g/mol. The van der Waals surface area contributed by atoms with E-state index in [2.05, 4.69) is 5.32 Å². The smallest absolute Gasteiger partial charge is 0.253 e. The van der Waals surface area contributed by atoms with Gasteiger partial charge in [0, 0.05) is 50.1 Å². The first-order chi connectivity index (χ1) is 15.9. The second-order valence-electron chi connectivity index (χ2n) is 8.00. The van der Waals surface area contributed by atoms with Crippen molar-refractivity contribution in [2.45, 2.75) is 58.3 Å². The third kappa shape index (κ3) is 9.80. The van der Waals surface area contributed by atoms with Crippen molar-refractivity contribution >= 4 is 29.3 Å². The second-order valence-corrected chi connectivity index (χ2v) is 8.00. The molecule has 0 atom stereocenters. The fraction of sp³-hybridized carbons (Fsp3) is 0.480. The third-order valence-corrected chi connectivity index (χ3v) is 5.27. The summed E-state index contributed by atoms with van der Waals surface area (Å²) in [5.41, 5.74) is 0.630. The molecule has 0 radical (unpaired) electrons. The number of imide groups is 1. The Morgan fingerprint density at radius 2 is 1.52 bits per heavy atom. The van der Waals surface area contributed by atoms with Gasteiger partial charge in [0.15, 0.2) is 5.78 Å². The van der Waals surface area contributed by atoms with E-state index < -0.39 is 0 Å². The Hall–Kier alpha value is -3.29. The Morgan fingerprint density at radius 1 is 0.848 bits per heavy atom. The number of carbonyl (C=O) groups is 5. The van der Waals surface area contributed by atoms with Gasteiger partial charge in [-0.1, -0.05) is 6.42 Å². The van der Waals surface area contributed by atoms with Crippen molar-refractivity contribution in [2.24, 2.45) is 0 Å². The lowest BCUT2D eigenvalue weighted by Crippen LogP contribution is -2.30. The summed E-state index contributed by atoms with van der Waals surface area (Å²) in [6.07, 6.45) is 7.16. The van der Waals surface area contributed by atoms with Gasteiger partial charge in [-0.3, -0.25) is 28.9 Å². The number of rotatable bonds is 16. The summed E-state index contributed by atoms with van der Waals surface area (Å²) in [4.78, 5) is 59.1. The maximum atomic E-state index is 11.9. The number of nitrogens with zero attached hydrogens (tertiary/aromatic N) is 1. The fourth-order valence-corrected chi connectivity index (χ4v) is 3.36. The minimum Gasteiger partial charge on any atom is -0.494 e. The Balaban J connectivity index is 1.42. The van der Waals surface area contributed by atoms with Crippen LogP contribution in [0.5, 0.6) is 5.75 Å². The van der Waals surface area contributed by atoms with Gasteiger partial charge < -0.3 is 10.1 Å². The van der Waals surface area contributed by atoms with Crippen LogP contribution in [0.15, 0.2) is 36.4 Å². The van der Waals surface area contributed by atoms with Crippen LogP contribution in [0, 0.1) is 0 Å². The second kappa shape index (κ2) is 14.0. The van der Waals surface area contributed by atoms with E-state index in [1.165, 1.54) is 24.0 Å². The lowest BCUT2D eigenvalue weighted by atomic mass is 10.1. The highest BCUT2D eigenvalue weighted by Crippen LogP contribution is 2.13. The molecule has 0 saturated heterocycles. The molecule has 1 aliphatic heterocycles. The molecule has 33 heavy (non-hydrogen) atoms. The molecule has 0 saturated carbocycles. The van der Waals surface area contributed by atoms with E-state index in [0.717, 1.165) is 12.8 Å². The first kappa shape index (κ1) is 26.0. The Morgan fingerprint density at radius 3 is 2.18 bits per heavy atom. The van der Waals surface area contributed by atoms with Gasteiger partial charge in [-0.15, -0.1) is 0 Å². The molecule has 2 rings (SSSR count). The molecule has 1 aromatic rings. The molecule has 0 aliphatic carbocycles. The number of unbranched alkanes of at least 4 members (excludes halogenated alkanes) is 2. The minimum atomic E-state index is -0.272. The molecule has 3 amide bonds. The van der Waals surface area contributed by atoms with Crippen LogP contribution in [-0.4, -0.2) is 53.9 Å². The highest BCUT2D eigenvalue weighted by Gasteiger charge is 2.22. The number of hydrogen-bond donors (Lipinski definition) is 1. The molecule has 178 valence electrons. The van der Waals surface area contributed by atoms with E-state index in [1.54, 1.807) is 24.3 Å². The van der Waals surface area contributed by atoms with Crippen molar-refractivity contribution in [1.82, 2.24) is 10.2 Å². The average Bonchev–Trinajstić information content (AvgIpc) is 3.11. The molecule has 0 aromatic heterocycles. The van der Waals surface area contributed by atoms with Crippen LogP contribution in [0.25, 0.3) is 0 Å². The van der Waals surface area contributed by atoms with Gasteiger partial charge in [0.1, 0.15) is 11.5 Å². The molecule has 0 spiro atoms. The summed E-state index contributed by atoms with van der Waals surface area (Å²) in [7, 11) is 0. The van der Waals surface area contributed by atoms with Gasteiger partial charge in [0.2, 0.25) is 5.91 Å². The molecule has 8 heteroatoms. The zero-order valence-electron chi connectivity index (χ0n) is 19.1. The Labute approximate surface area is 194 Å². The lowest BCUT2D eigenvalue weighted by Gasteiger charge is -2.12. The SMILES string of the molecule is CC(=O)c1ccc(OCCCC(=O)NCCCC(=O)CCCCCN2C(=O)C=CC2=O)cc1. The summed E-state index contributed by atoms with van der Waals surface area (Å²) in [5.74, 6) is 0.205. The monoisotopic (exact) mass is 456 g/mol. The van der Waals surface area contributed by atoms with E-state index >= 15 is 0 Å². The Kier molecular flexibility index (Phi) is 11.0. The highest BCUT2D eigenvalue weighted by atomic mass is 16.5. The van der Waals surface area contributed by atoms with Gasteiger partial charge in [-0.05, 0) is 56.9 Å². The van der Waals surface area contributed by atoms with Crippen molar-refractivity contribution in [2.75, 3.05) is 19.7 Å². The van der Waals surface area contributed by atoms with Crippen molar-refractivity contribution in [3.05, 3.63) is 42.0 Å². The number of hydrogen-bond acceptors (Lipinski definition) is 6. The third-order valence-electron chi connectivity index (χ3n) is 5.27. The van der Waals surface area contributed by atoms with E-state index in [9.17, 15) is 24.0 Å². The van der Waals surface area contributed by atoms with Crippen molar-refractivity contribution in [1.29, 1.82) is 0 Å². The molecule has 8 nitrogen and oxygen atoms in total. The van der Waals surface area contributed by atoms with Crippen LogP contribution in [0.4, 0.5) is 0 Å². The number of ketones is 2. The van der Waals surface area contributed by atoms with E-state index in [0.29, 0.717) is 69.5 Å². The van der Waals surface area contributed by atoms with E-state index in [4.69, 9.17) is 4.74 Å². The summed E-state index contributed by atoms with van der Waals surface area (Å²) >= 11 is 0. The van der Waals surface area contributed by atoms with E-state index in [1.807, 2.05) is 0 Å². The average molecular weight is 457 g/mol. The van der Waals surface area contributed by atoms with Crippen LogP contribution in [-0.2, 0) is 19.2 Å². The number of carbonyl (C=O) groups excluding carboxylic acids is 5. The number of Topliss-reactive ketones (excluding diaryl/α,β-unsaturated/α-hetero) is 2. The molecule has 0 fully saturated rings. The van der Waals surface area contributed by atoms with Gasteiger partial charge in [-0.25, -0.2) is 0 Å². The minimum absolute atomic E-state index is 0.00303. The van der Waals surface area contributed by atoms with Gasteiger partial charge in [0.05, 0.1) is 6.61 Å². The van der Waals surface area contributed by atoms with Crippen molar-refractivity contribution in [3.8, 4) is 5.75 Å².